The first-order valence-electron chi connectivity index (χ1n) is 19.9. The van der Waals surface area contributed by atoms with Gasteiger partial charge in [0.15, 0.2) is 0 Å². The van der Waals surface area contributed by atoms with E-state index in [2.05, 4.69) is 151 Å². The smallest absolute Gasteiger partial charge is 0.0451 e. The van der Waals surface area contributed by atoms with Gasteiger partial charge in [-0.2, -0.15) is 0 Å². The molecule has 3 aromatic rings. The second-order valence-electron chi connectivity index (χ2n) is 15.9. The molecule has 0 fully saturated rings. The fraction of sp³-hybridized carbons (Fsp3) is 0.440. The molecule has 0 nitrogen and oxygen atoms in total. The fourth-order valence-corrected chi connectivity index (χ4v) is 8.89. The first-order valence-corrected chi connectivity index (χ1v) is 19.9. The molecule has 50 heavy (non-hydrogen) atoms. The Kier molecular flexibility index (Phi) is 13.6. The highest BCUT2D eigenvalue weighted by Gasteiger charge is 2.37. The summed E-state index contributed by atoms with van der Waals surface area (Å²) in [4.78, 5) is 0. The molecule has 0 N–H and O–H groups in total. The van der Waals surface area contributed by atoms with Crippen LogP contribution >= 0.6 is 0 Å². The Balaban J connectivity index is 1.25. The Hall–Kier alpha value is -3.64. The molecular weight excluding hydrogens is 601 g/mol. The van der Waals surface area contributed by atoms with Crippen LogP contribution in [0.1, 0.15) is 133 Å². The highest BCUT2D eigenvalue weighted by atomic mass is 14.4. The average molecular weight is 665 g/mol. The van der Waals surface area contributed by atoms with E-state index < -0.39 is 0 Å². The van der Waals surface area contributed by atoms with Crippen molar-refractivity contribution in [1.82, 2.24) is 0 Å². The van der Waals surface area contributed by atoms with Crippen LogP contribution in [-0.2, 0) is 5.41 Å². The highest BCUT2D eigenvalue weighted by molar-refractivity contribution is 5.57. The second kappa shape index (κ2) is 18.0. The van der Waals surface area contributed by atoms with E-state index in [1.807, 2.05) is 0 Å². The molecule has 2 aliphatic carbocycles. The van der Waals surface area contributed by atoms with E-state index >= 15 is 0 Å². The second-order valence-corrected chi connectivity index (χ2v) is 15.9. The number of allylic oxidation sites excluding steroid dienone is 9. The quantitative estimate of drug-likeness (QED) is 0.0721. The molecule has 0 saturated heterocycles. The molecule has 0 amide bonds. The number of aryl methyl sites for hydroxylation is 2. The maximum Gasteiger partial charge on any atom is 0.0451 e. The zero-order valence-electron chi connectivity index (χ0n) is 32.2. The molecule has 0 saturated carbocycles. The summed E-state index contributed by atoms with van der Waals surface area (Å²) in [6, 6.07) is 30.1. The van der Waals surface area contributed by atoms with Gasteiger partial charge in [0.1, 0.15) is 0 Å². The molecule has 0 aromatic heterocycles. The van der Waals surface area contributed by atoms with Crippen LogP contribution in [0, 0.1) is 31.6 Å². The van der Waals surface area contributed by atoms with Gasteiger partial charge in [-0.25, -0.2) is 0 Å². The lowest BCUT2D eigenvalue weighted by atomic mass is 9.65. The van der Waals surface area contributed by atoms with E-state index in [1.54, 1.807) is 22.3 Å². The van der Waals surface area contributed by atoms with Crippen LogP contribution < -0.4 is 0 Å². The number of rotatable bonds is 18. The van der Waals surface area contributed by atoms with Crippen molar-refractivity contribution in [3.05, 3.63) is 165 Å². The van der Waals surface area contributed by atoms with Crippen molar-refractivity contribution < 1.29 is 0 Å². The molecule has 0 bridgehead atoms. The van der Waals surface area contributed by atoms with Crippen LogP contribution in [0.4, 0.5) is 0 Å². The zero-order valence-corrected chi connectivity index (χ0v) is 32.2. The first kappa shape index (κ1) is 37.6. The molecule has 2 unspecified atom stereocenters. The summed E-state index contributed by atoms with van der Waals surface area (Å²) in [6.07, 6.45) is 24.0. The molecule has 3 aromatic carbocycles. The lowest BCUT2D eigenvalue weighted by molar-refractivity contribution is 0.326. The van der Waals surface area contributed by atoms with Crippen LogP contribution in [-0.4, -0.2) is 0 Å². The van der Waals surface area contributed by atoms with Crippen molar-refractivity contribution in [2.75, 3.05) is 0 Å². The van der Waals surface area contributed by atoms with Crippen LogP contribution in [0.2, 0.25) is 0 Å². The van der Waals surface area contributed by atoms with Crippen molar-refractivity contribution in [3.63, 3.8) is 0 Å². The number of unbranched alkanes of at least 4 members (excludes halogenated alkanes) is 1. The Morgan fingerprint density at radius 2 is 1.46 bits per heavy atom. The van der Waals surface area contributed by atoms with E-state index in [1.165, 1.54) is 84.8 Å². The molecule has 0 aliphatic heterocycles. The number of hydrogen-bond donors (Lipinski definition) is 0. The molecule has 2 aliphatic rings. The van der Waals surface area contributed by atoms with Gasteiger partial charge in [0.2, 0.25) is 0 Å². The zero-order chi connectivity index (χ0) is 35.5. The minimum Gasteiger partial charge on any atom is -0.0999 e. The van der Waals surface area contributed by atoms with Crippen molar-refractivity contribution >= 4 is 0 Å². The van der Waals surface area contributed by atoms with Crippen molar-refractivity contribution in [1.29, 1.82) is 0 Å². The van der Waals surface area contributed by atoms with E-state index in [9.17, 15) is 0 Å². The summed E-state index contributed by atoms with van der Waals surface area (Å²) < 4.78 is 0. The molecule has 0 heterocycles. The van der Waals surface area contributed by atoms with E-state index in [0.29, 0.717) is 17.8 Å². The Morgan fingerprint density at radius 3 is 2.08 bits per heavy atom. The molecule has 0 spiro atoms. The minimum absolute atomic E-state index is 0.173. The number of benzene rings is 3. The average Bonchev–Trinajstić information content (AvgIpc) is 3.39. The predicted octanol–water partition coefficient (Wildman–Crippen LogP) is 14.5. The Morgan fingerprint density at radius 1 is 0.820 bits per heavy atom. The van der Waals surface area contributed by atoms with Gasteiger partial charge in [-0.15, -0.1) is 0 Å². The summed E-state index contributed by atoms with van der Waals surface area (Å²) in [6.45, 7) is 18.4. The van der Waals surface area contributed by atoms with Crippen LogP contribution in [0.5, 0.6) is 0 Å². The maximum atomic E-state index is 4.60. The van der Waals surface area contributed by atoms with Gasteiger partial charge in [-0.05, 0) is 136 Å². The van der Waals surface area contributed by atoms with Crippen molar-refractivity contribution in [2.24, 2.45) is 17.8 Å². The van der Waals surface area contributed by atoms with Crippen LogP contribution in [0.3, 0.4) is 0 Å². The largest absolute Gasteiger partial charge is 0.0999 e. The third-order valence-electron chi connectivity index (χ3n) is 11.6. The highest BCUT2D eigenvalue weighted by Crippen LogP contribution is 2.46. The normalized spacial score (nSPS) is 16.9. The van der Waals surface area contributed by atoms with Gasteiger partial charge >= 0.3 is 0 Å². The van der Waals surface area contributed by atoms with Gasteiger partial charge in [0, 0.05) is 11.3 Å². The topological polar surface area (TPSA) is 0 Å². The van der Waals surface area contributed by atoms with Gasteiger partial charge in [0.25, 0.3) is 0 Å². The summed E-state index contributed by atoms with van der Waals surface area (Å²) in [5.74, 6) is 1.96. The van der Waals surface area contributed by atoms with Crippen LogP contribution in [0.25, 0.3) is 0 Å². The summed E-state index contributed by atoms with van der Waals surface area (Å²) in [5, 5.41) is 0. The molecule has 264 valence electrons. The molecule has 5 rings (SSSR count). The lowest BCUT2D eigenvalue weighted by Gasteiger charge is -2.38. The summed E-state index contributed by atoms with van der Waals surface area (Å²) in [5.41, 5.74) is 14.4. The molecule has 0 heteroatoms. The van der Waals surface area contributed by atoms with E-state index in [-0.39, 0.29) is 5.41 Å². The van der Waals surface area contributed by atoms with E-state index in [4.69, 9.17) is 0 Å². The SMILES string of the molecule is C=C(CCCCC(CCC(c1ccccc1)(c1ccc(C)cc1)c1ccc(C)cc1)CC(C)C)CCC1C2=C(CCC=C2)C(C)=C1/C=C\CC. The third kappa shape index (κ3) is 9.17. The van der Waals surface area contributed by atoms with Crippen LogP contribution in [0.15, 0.2) is 138 Å². The van der Waals surface area contributed by atoms with E-state index in [0.717, 1.165) is 25.7 Å². The minimum atomic E-state index is -0.173. The predicted molar refractivity (Wildman–Crippen MR) is 219 cm³/mol. The molecule has 0 radical (unpaired) electrons. The van der Waals surface area contributed by atoms with Gasteiger partial charge in [-0.3, -0.25) is 0 Å². The standard InChI is InChI=1S/C50H64/c1-8-9-21-46-41(7)47-22-15-16-23-48(47)49(46)33-28-38(4)17-13-14-18-42(36-37(2)3)34-35-50(43-19-11-10-12-20-43,44-29-24-39(5)25-30-44)45-31-26-40(6)27-32-45/h9-12,16,19-21,23-27,29-32,37,42,49H,4,8,13-15,17-18,22,28,33-36H2,1-3,5-7H3/b21-9-. The third-order valence-corrected chi connectivity index (χ3v) is 11.6. The van der Waals surface area contributed by atoms with Gasteiger partial charge < -0.3 is 0 Å². The lowest BCUT2D eigenvalue weighted by Crippen LogP contribution is -2.30. The summed E-state index contributed by atoms with van der Waals surface area (Å²) >= 11 is 0. The summed E-state index contributed by atoms with van der Waals surface area (Å²) in [7, 11) is 0. The van der Waals surface area contributed by atoms with Gasteiger partial charge in [-0.1, -0.05) is 160 Å². The van der Waals surface area contributed by atoms with Crippen molar-refractivity contribution in [2.45, 2.75) is 124 Å². The van der Waals surface area contributed by atoms with Crippen molar-refractivity contribution in [3.8, 4) is 0 Å². The molecule has 2 atom stereocenters. The monoisotopic (exact) mass is 665 g/mol. The maximum absolute atomic E-state index is 4.60. The first-order chi connectivity index (χ1) is 24.2. The fourth-order valence-electron chi connectivity index (χ4n) is 8.89. The number of hydrogen-bond acceptors (Lipinski definition) is 0. The molecular formula is C50H64. The Labute approximate surface area is 306 Å². The van der Waals surface area contributed by atoms with Gasteiger partial charge in [0.05, 0.1) is 0 Å². The Bertz CT molecular complexity index is 1610.